The first-order valence-corrected chi connectivity index (χ1v) is 4.83. The van der Waals surface area contributed by atoms with Gasteiger partial charge in [0.25, 0.3) is 0 Å². The Labute approximate surface area is 99.8 Å². The summed E-state index contributed by atoms with van der Waals surface area (Å²) in [5, 5.41) is 19.2. The lowest BCUT2D eigenvalue weighted by atomic mass is 10.0. The second-order valence-electron chi connectivity index (χ2n) is 3.19. The summed E-state index contributed by atoms with van der Waals surface area (Å²) in [5.41, 5.74) is 1.47. The summed E-state index contributed by atoms with van der Waals surface area (Å²) >= 11 is 5.77. The number of hydrogen-bond acceptors (Lipinski definition) is 2. The molecule has 0 saturated carbocycles. The molecule has 0 aliphatic carbocycles. The van der Waals surface area contributed by atoms with Gasteiger partial charge >= 0.3 is 0 Å². The molecule has 0 unspecified atom stereocenters. The van der Waals surface area contributed by atoms with Crippen LogP contribution in [0.15, 0.2) is 42.5 Å². The summed E-state index contributed by atoms with van der Waals surface area (Å²) in [6.07, 6.45) is 0. The molecule has 0 bridgehead atoms. The van der Waals surface area contributed by atoms with Crippen molar-refractivity contribution in [3.63, 3.8) is 0 Å². The largest absolute Gasteiger partial charge is 0.507 e. The average molecular weight is 237 g/mol. The summed E-state index contributed by atoms with van der Waals surface area (Å²) in [7, 11) is 0. The molecular weight excluding hydrogens is 224 g/mol. The Morgan fingerprint density at radius 1 is 0.875 bits per heavy atom. The Morgan fingerprint density at radius 3 is 2.12 bits per heavy atom. The van der Waals surface area contributed by atoms with Crippen molar-refractivity contribution in [2.45, 2.75) is 7.43 Å². The third-order valence-corrected chi connectivity index (χ3v) is 2.45. The molecule has 2 aromatic carbocycles. The molecule has 0 amide bonds. The Balaban J connectivity index is 0.00000128. The number of phenols is 2. The van der Waals surface area contributed by atoms with Crippen molar-refractivity contribution < 1.29 is 10.2 Å². The zero-order valence-electron chi connectivity index (χ0n) is 7.81. The van der Waals surface area contributed by atoms with Gasteiger partial charge in [0.2, 0.25) is 0 Å². The summed E-state index contributed by atoms with van der Waals surface area (Å²) in [5.74, 6) is -0.100. The second kappa shape index (κ2) is 4.90. The fourth-order valence-electron chi connectivity index (χ4n) is 1.40. The van der Waals surface area contributed by atoms with E-state index in [0.29, 0.717) is 5.56 Å². The molecule has 0 saturated heterocycles. The Morgan fingerprint density at radius 2 is 1.50 bits per heavy atom. The minimum absolute atomic E-state index is 0. The van der Waals surface area contributed by atoms with Crippen LogP contribution in [0.5, 0.6) is 11.5 Å². The molecule has 0 heterocycles. The Hall–Kier alpha value is -1.67. The van der Waals surface area contributed by atoms with Gasteiger partial charge in [-0.3, -0.25) is 0 Å². The zero-order chi connectivity index (χ0) is 10.8. The highest BCUT2D eigenvalue weighted by Crippen LogP contribution is 2.36. The van der Waals surface area contributed by atoms with Gasteiger partial charge in [-0.05, 0) is 11.6 Å². The molecule has 3 heteroatoms. The molecule has 0 spiro atoms. The monoisotopic (exact) mass is 236 g/mol. The highest BCUT2D eigenvalue weighted by molar-refractivity contribution is 6.32. The lowest BCUT2D eigenvalue weighted by Crippen LogP contribution is -1.79. The fourth-order valence-corrected chi connectivity index (χ4v) is 1.56. The molecule has 2 aromatic rings. The van der Waals surface area contributed by atoms with E-state index in [9.17, 15) is 10.2 Å². The van der Waals surface area contributed by atoms with Crippen LogP contribution < -0.4 is 0 Å². The van der Waals surface area contributed by atoms with Crippen molar-refractivity contribution in [2.75, 3.05) is 0 Å². The lowest BCUT2D eigenvalue weighted by Gasteiger charge is -2.06. The van der Waals surface area contributed by atoms with Gasteiger partial charge in [0.05, 0.1) is 5.02 Å². The lowest BCUT2D eigenvalue weighted by molar-refractivity contribution is 0.452. The molecule has 2 N–H and O–H groups in total. The van der Waals surface area contributed by atoms with Gasteiger partial charge in [-0.1, -0.05) is 49.4 Å². The predicted molar refractivity (Wildman–Crippen MR) is 66.9 cm³/mol. The molecular formula is C13H13ClO2. The van der Waals surface area contributed by atoms with Gasteiger partial charge in [-0.2, -0.15) is 0 Å². The fraction of sp³-hybridized carbons (Fsp3) is 0.0769. The van der Waals surface area contributed by atoms with E-state index in [1.54, 1.807) is 6.07 Å². The van der Waals surface area contributed by atoms with E-state index in [1.165, 1.54) is 6.07 Å². The standard InChI is InChI=1S/C12H9ClO2.CH4/c13-10-6-9(11(14)7-12(10)15)8-4-2-1-3-5-8;/h1-7,14-15H;1H4. The first-order chi connectivity index (χ1) is 7.18. The van der Waals surface area contributed by atoms with Crippen LogP contribution in [0.3, 0.4) is 0 Å². The minimum atomic E-state index is -0.117. The number of phenolic OH excluding ortho intramolecular Hbond substituents is 2. The quantitative estimate of drug-likeness (QED) is 0.784. The predicted octanol–water partition coefficient (Wildman–Crippen LogP) is 4.05. The zero-order valence-corrected chi connectivity index (χ0v) is 8.57. The molecule has 0 aliphatic heterocycles. The molecule has 0 aliphatic rings. The van der Waals surface area contributed by atoms with Crippen LogP contribution in [0.4, 0.5) is 0 Å². The minimum Gasteiger partial charge on any atom is -0.507 e. The number of aromatic hydroxyl groups is 2. The van der Waals surface area contributed by atoms with Crippen LogP contribution in [0.25, 0.3) is 11.1 Å². The first kappa shape index (κ1) is 12.4. The van der Waals surface area contributed by atoms with Crippen molar-refractivity contribution in [3.05, 3.63) is 47.5 Å². The molecule has 0 radical (unpaired) electrons. The SMILES string of the molecule is C.Oc1cc(O)c(-c2ccccc2)cc1Cl. The molecule has 16 heavy (non-hydrogen) atoms. The van der Waals surface area contributed by atoms with E-state index < -0.39 is 0 Å². The molecule has 84 valence electrons. The van der Waals surface area contributed by atoms with E-state index in [2.05, 4.69) is 0 Å². The van der Waals surface area contributed by atoms with Gasteiger partial charge < -0.3 is 10.2 Å². The normalized spacial score (nSPS) is 9.56. The van der Waals surface area contributed by atoms with Crippen LogP contribution in [0.2, 0.25) is 5.02 Å². The third kappa shape index (κ3) is 2.28. The van der Waals surface area contributed by atoms with E-state index in [1.807, 2.05) is 30.3 Å². The molecule has 0 fully saturated rings. The topological polar surface area (TPSA) is 40.5 Å². The second-order valence-corrected chi connectivity index (χ2v) is 3.59. The smallest absolute Gasteiger partial charge is 0.137 e. The maximum absolute atomic E-state index is 9.65. The highest BCUT2D eigenvalue weighted by atomic mass is 35.5. The van der Waals surface area contributed by atoms with Gasteiger partial charge in [0.15, 0.2) is 0 Å². The Kier molecular flexibility index (Phi) is 3.80. The van der Waals surface area contributed by atoms with E-state index in [-0.39, 0.29) is 23.9 Å². The molecule has 0 aromatic heterocycles. The third-order valence-electron chi connectivity index (χ3n) is 2.15. The van der Waals surface area contributed by atoms with Crippen LogP contribution in [-0.2, 0) is 0 Å². The van der Waals surface area contributed by atoms with Crippen LogP contribution >= 0.6 is 11.6 Å². The van der Waals surface area contributed by atoms with E-state index in [4.69, 9.17) is 11.6 Å². The van der Waals surface area contributed by atoms with Crippen molar-refractivity contribution in [1.29, 1.82) is 0 Å². The van der Waals surface area contributed by atoms with Gasteiger partial charge in [0.1, 0.15) is 11.5 Å². The van der Waals surface area contributed by atoms with Crippen LogP contribution in [0.1, 0.15) is 7.43 Å². The Bertz CT molecular complexity index is 481. The van der Waals surface area contributed by atoms with Crippen molar-refractivity contribution in [2.24, 2.45) is 0 Å². The van der Waals surface area contributed by atoms with Gasteiger partial charge in [-0.25, -0.2) is 0 Å². The number of rotatable bonds is 1. The number of benzene rings is 2. The first-order valence-electron chi connectivity index (χ1n) is 4.45. The number of hydrogen-bond donors (Lipinski definition) is 2. The molecule has 2 nitrogen and oxygen atoms in total. The van der Waals surface area contributed by atoms with E-state index >= 15 is 0 Å². The van der Waals surface area contributed by atoms with Crippen molar-refractivity contribution in [1.82, 2.24) is 0 Å². The van der Waals surface area contributed by atoms with Crippen molar-refractivity contribution in [3.8, 4) is 22.6 Å². The highest BCUT2D eigenvalue weighted by Gasteiger charge is 2.08. The average Bonchev–Trinajstić information content (AvgIpc) is 2.25. The maximum atomic E-state index is 9.65. The van der Waals surface area contributed by atoms with Gasteiger partial charge in [-0.15, -0.1) is 0 Å². The summed E-state index contributed by atoms with van der Waals surface area (Å²) < 4.78 is 0. The summed E-state index contributed by atoms with van der Waals surface area (Å²) in [6, 6.07) is 12.1. The summed E-state index contributed by atoms with van der Waals surface area (Å²) in [6.45, 7) is 0. The maximum Gasteiger partial charge on any atom is 0.137 e. The molecule has 0 atom stereocenters. The molecule has 2 rings (SSSR count). The van der Waals surface area contributed by atoms with Crippen LogP contribution in [0, 0.1) is 0 Å². The van der Waals surface area contributed by atoms with Crippen molar-refractivity contribution >= 4 is 11.6 Å². The van der Waals surface area contributed by atoms with E-state index in [0.717, 1.165) is 5.56 Å². The summed E-state index contributed by atoms with van der Waals surface area (Å²) in [4.78, 5) is 0. The van der Waals surface area contributed by atoms with Gasteiger partial charge in [0, 0.05) is 11.6 Å². The number of halogens is 1. The van der Waals surface area contributed by atoms with Crippen LogP contribution in [-0.4, -0.2) is 10.2 Å².